The lowest BCUT2D eigenvalue weighted by atomic mass is 10.0. The number of aryl methyl sites for hydroxylation is 1. The van der Waals surface area contributed by atoms with E-state index in [1.807, 2.05) is 25.1 Å². The molecule has 1 rings (SSSR count). The third kappa shape index (κ3) is 8.20. The van der Waals surface area contributed by atoms with Crippen molar-refractivity contribution in [3.05, 3.63) is 35.9 Å². The van der Waals surface area contributed by atoms with Crippen molar-refractivity contribution < 1.29 is 13.2 Å². The third-order valence-corrected chi connectivity index (χ3v) is 3.38. The minimum Gasteiger partial charge on any atom is -0.312 e. The highest BCUT2D eigenvalue weighted by Crippen LogP contribution is 2.22. The molecule has 0 fully saturated rings. The highest BCUT2D eigenvalue weighted by molar-refractivity contribution is 5.14. The summed E-state index contributed by atoms with van der Waals surface area (Å²) in [5, 5.41) is 3.37. The van der Waals surface area contributed by atoms with Crippen molar-refractivity contribution in [2.45, 2.75) is 64.2 Å². The van der Waals surface area contributed by atoms with Crippen LogP contribution in [0.25, 0.3) is 0 Å². The Kier molecular flexibility index (Phi) is 7.06. The maximum atomic E-state index is 12.1. The summed E-state index contributed by atoms with van der Waals surface area (Å²) < 4.78 is 36.2. The molecule has 1 nitrogen and oxygen atoms in total. The standard InChI is InChI=1S/C16H24F3N/c1-13(7-6-12-16(17,18)19)20-14(2)10-11-15-8-4-3-5-9-15/h3-5,8-9,13-14,20H,6-7,10-12H2,1-2H3. The van der Waals surface area contributed by atoms with Crippen molar-refractivity contribution in [2.24, 2.45) is 0 Å². The van der Waals surface area contributed by atoms with Gasteiger partial charge in [-0.05, 0) is 45.1 Å². The zero-order valence-corrected chi connectivity index (χ0v) is 12.2. The Morgan fingerprint density at radius 1 is 1.00 bits per heavy atom. The van der Waals surface area contributed by atoms with Gasteiger partial charge in [-0.2, -0.15) is 13.2 Å². The summed E-state index contributed by atoms with van der Waals surface area (Å²) in [7, 11) is 0. The lowest BCUT2D eigenvalue weighted by molar-refractivity contribution is -0.135. The first-order valence-electron chi connectivity index (χ1n) is 7.23. The molecule has 0 radical (unpaired) electrons. The van der Waals surface area contributed by atoms with Crippen LogP contribution in [0.2, 0.25) is 0 Å². The Bertz CT molecular complexity index is 362. The summed E-state index contributed by atoms with van der Waals surface area (Å²) in [5.41, 5.74) is 1.30. The molecule has 0 aliphatic heterocycles. The summed E-state index contributed by atoms with van der Waals surface area (Å²) in [6.07, 6.45) is -1.97. The Morgan fingerprint density at radius 3 is 2.20 bits per heavy atom. The maximum Gasteiger partial charge on any atom is 0.389 e. The molecule has 0 saturated heterocycles. The van der Waals surface area contributed by atoms with E-state index in [1.165, 1.54) is 5.56 Å². The minimum atomic E-state index is -4.03. The molecule has 1 aromatic rings. The molecule has 0 saturated carbocycles. The van der Waals surface area contributed by atoms with Gasteiger partial charge in [0.25, 0.3) is 0 Å². The average molecular weight is 287 g/mol. The minimum absolute atomic E-state index is 0.128. The van der Waals surface area contributed by atoms with Crippen LogP contribution in [0, 0.1) is 0 Å². The van der Waals surface area contributed by atoms with E-state index < -0.39 is 12.6 Å². The molecule has 0 aliphatic carbocycles. The molecule has 0 bridgehead atoms. The first-order chi connectivity index (χ1) is 9.37. The largest absolute Gasteiger partial charge is 0.389 e. The van der Waals surface area contributed by atoms with Crippen LogP contribution in [-0.2, 0) is 6.42 Å². The van der Waals surface area contributed by atoms with Gasteiger partial charge >= 0.3 is 6.18 Å². The fraction of sp³-hybridized carbons (Fsp3) is 0.625. The van der Waals surface area contributed by atoms with E-state index in [1.54, 1.807) is 0 Å². The van der Waals surface area contributed by atoms with Crippen molar-refractivity contribution in [2.75, 3.05) is 0 Å². The molecule has 1 N–H and O–H groups in total. The highest BCUT2D eigenvalue weighted by atomic mass is 19.4. The number of benzene rings is 1. The van der Waals surface area contributed by atoms with Gasteiger partial charge < -0.3 is 5.32 Å². The van der Waals surface area contributed by atoms with E-state index in [2.05, 4.69) is 24.4 Å². The van der Waals surface area contributed by atoms with Crippen molar-refractivity contribution in [1.29, 1.82) is 0 Å². The first-order valence-corrected chi connectivity index (χ1v) is 7.23. The molecule has 0 aromatic heterocycles. The Balaban J connectivity index is 2.16. The van der Waals surface area contributed by atoms with Gasteiger partial charge in [-0.1, -0.05) is 30.3 Å². The van der Waals surface area contributed by atoms with Gasteiger partial charge in [-0.15, -0.1) is 0 Å². The number of hydrogen-bond donors (Lipinski definition) is 1. The quantitative estimate of drug-likeness (QED) is 0.729. The van der Waals surface area contributed by atoms with E-state index in [0.717, 1.165) is 12.8 Å². The molecule has 0 heterocycles. The van der Waals surface area contributed by atoms with E-state index in [-0.39, 0.29) is 12.5 Å². The molecular weight excluding hydrogens is 263 g/mol. The van der Waals surface area contributed by atoms with Crippen LogP contribution >= 0.6 is 0 Å². The van der Waals surface area contributed by atoms with Crippen molar-refractivity contribution in [3.8, 4) is 0 Å². The lowest BCUT2D eigenvalue weighted by Crippen LogP contribution is -2.34. The second-order valence-corrected chi connectivity index (χ2v) is 5.50. The van der Waals surface area contributed by atoms with Gasteiger partial charge in [0.15, 0.2) is 0 Å². The summed E-state index contributed by atoms with van der Waals surface area (Å²) in [5.74, 6) is 0. The second kappa shape index (κ2) is 8.30. The molecule has 2 unspecified atom stereocenters. The molecular formula is C16H24F3N. The average Bonchev–Trinajstić information content (AvgIpc) is 2.36. The van der Waals surface area contributed by atoms with Gasteiger partial charge in [0.1, 0.15) is 0 Å². The number of halogens is 3. The zero-order chi connectivity index (χ0) is 15.0. The number of nitrogens with one attached hydrogen (secondary N) is 1. The molecule has 4 heteroatoms. The molecule has 0 amide bonds. The maximum absolute atomic E-state index is 12.1. The summed E-state index contributed by atoms with van der Waals surface area (Å²) in [4.78, 5) is 0. The SMILES string of the molecule is CC(CCCC(F)(F)F)NC(C)CCc1ccccc1. The van der Waals surface area contributed by atoms with Crippen LogP contribution in [-0.4, -0.2) is 18.3 Å². The third-order valence-electron chi connectivity index (χ3n) is 3.38. The van der Waals surface area contributed by atoms with Gasteiger partial charge in [-0.3, -0.25) is 0 Å². The monoisotopic (exact) mass is 287 g/mol. The molecule has 2 atom stereocenters. The molecule has 0 aliphatic rings. The van der Waals surface area contributed by atoms with Crippen molar-refractivity contribution in [1.82, 2.24) is 5.32 Å². The lowest BCUT2D eigenvalue weighted by Gasteiger charge is -2.20. The van der Waals surface area contributed by atoms with E-state index in [9.17, 15) is 13.2 Å². The van der Waals surface area contributed by atoms with Crippen molar-refractivity contribution in [3.63, 3.8) is 0 Å². The predicted octanol–water partition coefficient (Wildman–Crippen LogP) is 4.72. The molecule has 20 heavy (non-hydrogen) atoms. The van der Waals surface area contributed by atoms with Crippen LogP contribution in [0.5, 0.6) is 0 Å². The normalized spacial score (nSPS) is 15.1. The highest BCUT2D eigenvalue weighted by Gasteiger charge is 2.26. The fourth-order valence-electron chi connectivity index (χ4n) is 2.29. The van der Waals surface area contributed by atoms with E-state index >= 15 is 0 Å². The number of hydrogen-bond acceptors (Lipinski definition) is 1. The number of alkyl halides is 3. The first kappa shape index (κ1) is 17.0. The van der Waals surface area contributed by atoms with Crippen LogP contribution in [0.15, 0.2) is 30.3 Å². The van der Waals surface area contributed by atoms with Crippen LogP contribution < -0.4 is 5.32 Å². The van der Waals surface area contributed by atoms with Gasteiger partial charge in [-0.25, -0.2) is 0 Å². The van der Waals surface area contributed by atoms with E-state index in [4.69, 9.17) is 0 Å². The fourth-order valence-corrected chi connectivity index (χ4v) is 2.29. The number of rotatable bonds is 8. The van der Waals surface area contributed by atoms with Gasteiger partial charge in [0.05, 0.1) is 0 Å². The summed E-state index contributed by atoms with van der Waals surface area (Å²) in [6, 6.07) is 10.7. The Hall–Kier alpha value is -1.03. The Labute approximate surface area is 119 Å². The van der Waals surface area contributed by atoms with Crippen LogP contribution in [0.4, 0.5) is 13.2 Å². The zero-order valence-electron chi connectivity index (χ0n) is 12.2. The smallest absolute Gasteiger partial charge is 0.312 e. The summed E-state index contributed by atoms with van der Waals surface area (Å²) >= 11 is 0. The summed E-state index contributed by atoms with van der Waals surface area (Å²) in [6.45, 7) is 4.04. The van der Waals surface area contributed by atoms with Crippen LogP contribution in [0.3, 0.4) is 0 Å². The molecule has 1 aromatic carbocycles. The van der Waals surface area contributed by atoms with Gasteiger partial charge in [0, 0.05) is 18.5 Å². The molecule has 0 spiro atoms. The second-order valence-electron chi connectivity index (χ2n) is 5.50. The molecule has 114 valence electrons. The van der Waals surface area contributed by atoms with Crippen LogP contribution in [0.1, 0.15) is 45.1 Å². The predicted molar refractivity (Wildman–Crippen MR) is 76.7 cm³/mol. The topological polar surface area (TPSA) is 12.0 Å². The van der Waals surface area contributed by atoms with Crippen molar-refractivity contribution >= 4 is 0 Å². The Morgan fingerprint density at radius 2 is 1.60 bits per heavy atom. The van der Waals surface area contributed by atoms with Gasteiger partial charge in [0.2, 0.25) is 0 Å². The van der Waals surface area contributed by atoms with E-state index in [0.29, 0.717) is 12.5 Å².